The van der Waals surface area contributed by atoms with Gasteiger partial charge in [0.05, 0.1) is 12.7 Å². The Labute approximate surface area is 207 Å². The average Bonchev–Trinajstić information content (AvgIpc) is 3.34. The van der Waals surface area contributed by atoms with Crippen molar-refractivity contribution in [1.29, 1.82) is 0 Å². The molecule has 0 bridgehead atoms. The summed E-state index contributed by atoms with van der Waals surface area (Å²) in [5.41, 5.74) is 2.61. The van der Waals surface area contributed by atoms with E-state index in [9.17, 15) is 14.7 Å². The first-order valence-electron chi connectivity index (χ1n) is 11.0. The predicted molar refractivity (Wildman–Crippen MR) is 134 cm³/mol. The van der Waals surface area contributed by atoms with E-state index in [1.807, 2.05) is 32.9 Å². The molecule has 1 fully saturated rings. The van der Waals surface area contributed by atoms with Gasteiger partial charge in [-0.25, -0.2) is 0 Å². The molecule has 1 saturated heterocycles. The summed E-state index contributed by atoms with van der Waals surface area (Å²) in [6.07, 6.45) is 0. The van der Waals surface area contributed by atoms with E-state index >= 15 is 0 Å². The normalized spacial score (nSPS) is 17.6. The fourth-order valence-corrected chi connectivity index (χ4v) is 4.56. The van der Waals surface area contributed by atoms with Gasteiger partial charge < -0.3 is 14.3 Å². The van der Waals surface area contributed by atoms with E-state index in [2.05, 4.69) is 15.9 Å². The molecule has 6 nitrogen and oxygen atoms in total. The van der Waals surface area contributed by atoms with Crippen LogP contribution in [0.5, 0.6) is 5.75 Å². The lowest BCUT2D eigenvalue weighted by molar-refractivity contribution is -0.132. The van der Waals surface area contributed by atoms with Crippen molar-refractivity contribution in [3.05, 3.63) is 86.8 Å². The molecule has 1 amide bonds. The number of carbonyl (C=O) groups excluding carboxylic acids is 2. The maximum atomic E-state index is 13.3. The van der Waals surface area contributed by atoms with Gasteiger partial charge in [0.2, 0.25) is 0 Å². The van der Waals surface area contributed by atoms with E-state index in [-0.39, 0.29) is 17.3 Å². The van der Waals surface area contributed by atoms with Crippen LogP contribution in [0.4, 0.5) is 5.69 Å². The second-order valence-corrected chi connectivity index (χ2v) is 9.57. The third-order valence-electron chi connectivity index (χ3n) is 6.03. The van der Waals surface area contributed by atoms with Crippen molar-refractivity contribution in [2.75, 3.05) is 12.0 Å². The summed E-state index contributed by atoms with van der Waals surface area (Å²) in [4.78, 5) is 28.0. The zero-order chi connectivity index (χ0) is 24.7. The highest BCUT2D eigenvalue weighted by Gasteiger charge is 2.48. The van der Waals surface area contributed by atoms with Gasteiger partial charge in [-0.2, -0.15) is 0 Å². The van der Waals surface area contributed by atoms with Crippen LogP contribution in [0.15, 0.2) is 63.0 Å². The van der Waals surface area contributed by atoms with E-state index in [0.717, 1.165) is 15.6 Å². The van der Waals surface area contributed by atoms with Gasteiger partial charge in [-0.1, -0.05) is 29.8 Å². The molecule has 1 aliphatic rings. The van der Waals surface area contributed by atoms with Crippen molar-refractivity contribution in [3.8, 4) is 5.75 Å². The van der Waals surface area contributed by atoms with Gasteiger partial charge in [0.15, 0.2) is 0 Å². The number of anilines is 1. The highest BCUT2D eigenvalue weighted by molar-refractivity contribution is 9.10. The maximum absolute atomic E-state index is 13.3. The highest BCUT2D eigenvalue weighted by atomic mass is 79.9. The summed E-state index contributed by atoms with van der Waals surface area (Å²) in [6.45, 7) is 7.67. The summed E-state index contributed by atoms with van der Waals surface area (Å²) in [5.74, 6) is 0.141. The number of benzene rings is 2. The number of ether oxygens (including phenoxy) is 1. The molecule has 0 radical (unpaired) electrons. The van der Waals surface area contributed by atoms with Gasteiger partial charge >= 0.3 is 0 Å². The Hall–Kier alpha value is -3.32. The first-order valence-corrected chi connectivity index (χ1v) is 11.7. The molecule has 176 valence electrons. The van der Waals surface area contributed by atoms with Crippen molar-refractivity contribution in [3.63, 3.8) is 0 Å². The minimum atomic E-state index is -0.904. The molecular weight excluding hydrogens is 498 g/mol. The summed E-state index contributed by atoms with van der Waals surface area (Å²) in [5, 5.41) is 11.5. The van der Waals surface area contributed by atoms with Crippen LogP contribution >= 0.6 is 15.9 Å². The largest absolute Gasteiger partial charge is 0.507 e. The number of aliphatic hydroxyl groups excluding tert-OH is 1. The van der Waals surface area contributed by atoms with Crippen LogP contribution in [0, 0.1) is 13.8 Å². The Morgan fingerprint density at radius 1 is 1.09 bits per heavy atom. The fraction of sp³-hybridized carbons (Fsp3) is 0.259. The zero-order valence-electron chi connectivity index (χ0n) is 19.7. The molecule has 3 aromatic rings. The molecule has 34 heavy (non-hydrogen) atoms. The van der Waals surface area contributed by atoms with E-state index in [1.54, 1.807) is 50.4 Å². The number of carbonyl (C=O) groups is 2. The summed E-state index contributed by atoms with van der Waals surface area (Å²) < 4.78 is 12.2. The second-order valence-electron chi connectivity index (χ2n) is 8.66. The molecule has 1 unspecified atom stereocenters. The quantitative estimate of drug-likeness (QED) is 0.237. The van der Waals surface area contributed by atoms with Crippen LogP contribution in [0.25, 0.3) is 5.76 Å². The zero-order valence-corrected chi connectivity index (χ0v) is 21.3. The van der Waals surface area contributed by atoms with Gasteiger partial charge in [0.1, 0.15) is 29.1 Å². The lowest BCUT2D eigenvalue weighted by Crippen LogP contribution is -2.29. The molecule has 4 rings (SSSR count). The van der Waals surface area contributed by atoms with E-state index in [0.29, 0.717) is 28.5 Å². The fourth-order valence-electron chi connectivity index (χ4n) is 4.30. The third kappa shape index (κ3) is 4.05. The van der Waals surface area contributed by atoms with Gasteiger partial charge in [-0.15, -0.1) is 0 Å². The van der Waals surface area contributed by atoms with Crippen molar-refractivity contribution in [2.24, 2.45) is 0 Å². The monoisotopic (exact) mass is 523 g/mol. The van der Waals surface area contributed by atoms with Crippen molar-refractivity contribution in [1.82, 2.24) is 0 Å². The lowest BCUT2D eigenvalue weighted by Gasteiger charge is -2.24. The molecule has 0 saturated carbocycles. The van der Waals surface area contributed by atoms with Crippen LogP contribution in [0.1, 0.15) is 54.0 Å². The van der Waals surface area contributed by atoms with Crippen LogP contribution in [0.2, 0.25) is 0 Å². The molecule has 2 aromatic carbocycles. The van der Waals surface area contributed by atoms with Crippen LogP contribution < -0.4 is 9.64 Å². The van der Waals surface area contributed by atoms with E-state index in [1.165, 1.54) is 4.90 Å². The summed E-state index contributed by atoms with van der Waals surface area (Å²) in [7, 11) is 1.60. The van der Waals surface area contributed by atoms with Gasteiger partial charge in [0.25, 0.3) is 11.7 Å². The molecule has 1 atom stereocenters. The number of Topliss-reactive ketones (excluding diaryl/α,β-unsaturated/α-hetero) is 1. The maximum Gasteiger partial charge on any atom is 0.300 e. The summed E-state index contributed by atoms with van der Waals surface area (Å²) >= 11 is 3.40. The van der Waals surface area contributed by atoms with E-state index in [4.69, 9.17) is 9.15 Å². The third-order valence-corrected chi connectivity index (χ3v) is 6.56. The number of furan rings is 1. The molecule has 7 heteroatoms. The van der Waals surface area contributed by atoms with Crippen LogP contribution in [0.3, 0.4) is 0 Å². The first kappa shape index (κ1) is 23.8. The molecule has 0 aliphatic carbocycles. The number of halogens is 1. The van der Waals surface area contributed by atoms with Crippen molar-refractivity contribution >= 4 is 39.1 Å². The standard InChI is InChI=1S/C27H26BrNO5/c1-14(2)19-13-20(15(3)12-22(19)33-5)25(30)23-24(21-11-6-16(4)34-21)29(27(32)26(23)31)18-9-7-17(28)8-10-18/h6-14,24,30H,1-5H3/b25-23+. The Kier molecular flexibility index (Phi) is 6.41. The number of hydrogen-bond donors (Lipinski definition) is 1. The number of aryl methyl sites for hydroxylation is 2. The molecule has 2 heterocycles. The molecular formula is C27H26BrNO5. The van der Waals surface area contributed by atoms with E-state index < -0.39 is 17.7 Å². The lowest BCUT2D eigenvalue weighted by atomic mass is 9.92. The number of aliphatic hydroxyl groups is 1. The average molecular weight is 524 g/mol. The smallest absolute Gasteiger partial charge is 0.300 e. The predicted octanol–water partition coefficient (Wildman–Crippen LogP) is 6.42. The number of nitrogens with zero attached hydrogens (tertiary/aromatic N) is 1. The van der Waals surface area contributed by atoms with Crippen LogP contribution in [-0.4, -0.2) is 23.9 Å². The van der Waals surface area contributed by atoms with Crippen molar-refractivity contribution < 1.29 is 23.8 Å². The van der Waals surface area contributed by atoms with Gasteiger partial charge in [-0.05, 0) is 79.4 Å². The second kappa shape index (κ2) is 9.14. The minimum Gasteiger partial charge on any atom is -0.507 e. The number of ketones is 1. The van der Waals surface area contributed by atoms with Crippen LogP contribution in [-0.2, 0) is 9.59 Å². The first-order chi connectivity index (χ1) is 16.1. The summed E-state index contributed by atoms with van der Waals surface area (Å²) in [6, 6.07) is 13.3. The minimum absolute atomic E-state index is 0.00904. The topological polar surface area (TPSA) is 80.0 Å². The number of amides is 1. The molecule has 1 N–H and O–H groups in total. The molecule has 1 aliphatic heterocycles. The van der Waals surface area contributed by atoms with Gasteiger partial charge in [-0.3, -0.25) is 14.5 Å². The molecule has 1 aromatic heterocycles. The number of methoxy groups -OCH3 is 1. The Bertz CT molecular complexity index is 1300. The SMILES string of the molecule is COc1cc(C)c(/C(O)=C2\C(=O)C(=O)N(c3ccc(Br)cc3)C2c2ccc(C)o2)cc1C(C)C. The Balaban J connectivity index is 1.97. The Morgan fingerprint density at radius 2 is 1.76 bits per heavy atom. The van der Waals surface area contributed by atoms with Crippen molar-refractivity contribution in [2.45, 2.75) is 39.7 Å². The Morgan fingerprint density at radius 3 is 2.32 bits per heavy atom. The number of rotatable bonds is 5. The molecule has 0 spiro atoms. The number of hydrogen-bond acceptors (Lipinski definition) is 5. The highest BCUT2D eigenvalue weighted by Crippen LogP contribution is 2.44. The van der Waals surface area contributed by atoms with Gasteiger partial charge in [0, 0.05) is 15.7 Å².